The first kappa shape index (κ1) is 12.9. The molecule has 4 rings (SSSR count). The van der Waals surface area contributed by atoms with Gasteiger partial charge in [0.25, 0.3) is 5.89 Å². The molecule has 21 heavy (non-hydrogen) atoms. The standard InChI is InChI=1S/C15H14ClN3O2/c1-8-9-4-2-5-10(16)12(9)20-11(8)13-18-14(19-21-13)15(17)6-3-7-15/h2,4-5H,3,6-7,17H2,1H3. The molecule has 2 heterocycles. The SMILES string of the molecule is Cc1c(-c2nc(C3(N)CCC3)no2)oc2c(Cl)cccc12. The molecule has 0 unspecified atom stereocenters. The average Bonchev–Trinajstić information content (AvgIpc) is 3.03. The van der Waals surface area contributed by atoms with Crippen LogP contribution in [0, 0.1) is 6.92 Å². The summed E-state index contributed by atoms with van der Waals surface area (Å²) in [6.07, 6.45) is 2.87. The fourth-order valence-corrected chi connectivity index (χ4v) is 2.93. The van der Waals surface area contributed by atoms with Crippen LogP contribution in [0.25, 0.3) is 22.6 Å². The van der Waals surface area contributed by atoms with Crippen LogP contribution in [-0.4, -0.2) is 10.1 Å². The Hall–Kier alpha value is -1.85. The Morgan fingerprint density at radius 3 is 2.81 bits per heavy atom. The molecule has 2 N–H and O–H groups in total. The second-order valence-corrected chi connectivity index (χ2v) is 6.01. The van der Waals surface area contributed by atoms with Gasteiger partial charge in [0.1, 0.15) is 0 Å². The number of halogens is 1. The summed E-state index contributed by atoms with van der Waals surface area (Å²) in [5, 5.41) is 5.53. The quantitative estimate of drug-likeness (QED) is 0.779. The van der Waals surface area contributed by atoms with E-state index in [1.54, 1.807) is 6.07 Å². The third-order valence-electron chi connectivity index (χ3n) is 4.23. The number of nitrogens with zero attached hydrogens (tertiary/aromatic N) is 2. The Kier molecular flexibility index (Phi) is 2.65. The summed E-state index contributed by atoms with van der Waals surface area (Å²) in [4.78, 5) is 4.42. The first-order chi connectivity index (χ1) is 10.1. The van der Waals surface area contributed by atoms with Gasteiger partial charge in [0.2, 0.25) is 0 Å². The second kappa shape index (κ2) is 4.32. The molecule has 1 aliphatic rings. The lowest BCUT2D eigenvalue weighted by atomic mass is 9.77. The normalized spacial score (nSPS) is 17.1. The van der Waals surface area contributed by atoms with Gasteiger partial charge in [-0.2, -0.15) is 4.98 Å². The number of fused-ring (bicyclic) bond motifs is 1. The summed E-state index contributed by atoms with van der Waals surface area (Å²) in [7, 11) is 0. The van der Waals surface area contributed by atoms with Gasteiger partial charge in [0, 0.05) is 10.9 Å². The monoisotopic (exact) mass is 303 g/mol. The van der Waals surface area contributed by atoms with E-state index in [1.165, 1.54) is 0 Å². The summed E-state index contributed by atoms with van der Waals surface area (Å²) in [5.74, 6) is 1.46. The van der Waals surface area contributed by atoms with E-state index in [9.17, 15) is 0 Å². The molecular weight excluding hydrogens is 290 g/mol. The zero-order chi connectivity index (χ0) is 14.6. The maximum atomic E-state index is 6.22. The van der Waals surface area contributed by atoms with E-state index in [2.05, 4.69) is 10.1 Å². The van der Waals surface area contributed by atoms with Gasteiger partial charge in [-0.15, -0.1) is 0 Å². The molecule has 1 aliphatic carbocycles. The molecule has 0 atom stereocenters. The van der Waals surface area contributed by atoms with Crippen molar-refractivity contribution in [2.45, 2.75) is 31.7 Å². The minimum Gasteiger partial charge on any atom is -0.449 e. The van der Waals surface area contributed by atoms with Crippen LogP contribution in [0.5, 0.6) is 0 Å². The van der Waals surface area contributed by atoms with Crippen molar-refractivity contribution in [2.75, 3.05) is 0 Å². The Morgan fingerprint density at radius 1 is 1.33 bits per heavy atom. The lowest BCUT2D eigenvalue weighted by Crippen LogP contribution is -2.44. The van der Waals surface area contributed by atoms with Gasteiger partial charge in [-0.3, -0.25) is 0 Å². The molecule has 0 bridgehead atoms. The largest absolute Gasteiger partial charge is 0.449 e. The maximum Gasteiger partial charge on any atom is 0.294 e. The molecule has 5 nitrogen and oxygen atoms in total. The molecule has 1 fully saturated rings. The highest BCUT2D eigenvalue weighted by Gasteiger charge is 2.39. The molecule has 108 valence electrons. The Labute approximate surface area is 126 Å². The number of para-hydroxylation sites is 1. The van der Waals surface area contributed by atoms with Gasteiger partial charge >= 0.3 is 0 Å². The molecule has 0 radical (unpaired) electrons. The zero-order valence-electron chi connectivity index (χ0n) is 11.5. The minimum atomic E-state index is -0.445. The van der Waals surface area contributed by atoms with Crippen molar-refractivity contribution in [1.29, 1.82) is 0 Å². The fourth-order valence-electron chi connectivity index (χ4n) is 2.71. The topological polar surface area (TPSA) is 78.1 Å². The molecule has 0 spiro atoms. The van der Waals surface area contributed by atoms with Gasteiger partial charge in [-0.1, -0.05) is 28.9 Å². The number of nitrogens with two attached hydrogens (primary N) is 1. The smallest absolute Gasteiger partial charge is 0.294 e. The van der Waals surface area contributed by atoms with Crippen LogP contribution in [0.3, 0.4) is 0 Å². The highest BCUT2D eigenvalue weighted by atomic mass is 35.5. The van der Waals surface area contributed by atoms with E-state index in [0.717, 1.165) is 30.2 Å². The van der Waals surface area contributed by atoms with E-state index in [4.69, 9.17) is 26.3 Å². The van der Waals surface area contributed by atoms with Gasteiger partial charge in [0.15, 0.2) is 17.2 Å². The number of aryl methyl sites for hydroxylation is 1. The summed E-state index contributed by atoms with van der Waals surface area (Å²) < 4.78 is 11.2. The lowest BCUT2D eigenvalue weighted by Gasteiger charge is -2.34. The summed E-state index contributed by atoms with van der Waals surface area (Å²) in [6, 6.07) is 5.63. The van der Waals surface area contributed by atoms with E-state index >= 15 is 0 Å². The number of rotatable bonds is 2. The van der Waals surface area contributed by atoms with Crippen LogP contribution in [0.4, 0.5) is 0 Å². The number of hydrogen-bond donors (Lipinski definition) is 1. The van der Waals surface area contributed by atoms with Gasteiger partial charge < -0.3 is 14.7 Å². The van der Waals surface area contributed by atoms with Crippen molar-refractivity contribution >= 4 is 22.6 Å². The first-order valence-electron chi connectivity index (χ1n) is 6.89. The Bertz CT molecular complexity index is 833. The van der Waals surface area contributed by atoms with Crippen LogP contribution in [-0.2, 0) is 5.54 Å². The molecular formula is C15H14ClN3O2. The Morgan fingerprint density at radius 2 is 2.14 bits per heavy atom. The highest BCUT2D eigenvalue weighted by molar-refractivity contribution is 6.35. The van der Waals surface area contributed by atoms with Crippen molar-refractivity contribution in [3.05, 3.63) is 34.6 Å². The molecule has 0 aliphatic heterocycles. The lowest BCUT2D eigenvalue weighted by molar-refractivity contribution is 0.229. The average molecular weight is 304 g/mol. The molecule has 3 aromatic rings. The van der Waals surface area contributed by atoms with Crippen LogP contribution in [0.1, 0.15) is 30.7 Å². The Balaban J connectivity index is 1.83. The third kappa shape index (κ3) is 1.81. The van der Waals surface area contributed by atoms with Gasteiger partial charge in [0.05, 0.1) is 10.6 Å². The van der Waals surface area contributed by atoms with E-state index in [0.29, 0.717) is 28.1 Å². The van der Waals surface area contributed by atoms with Gasteiger partial charge in [-0.25, -0.2) is 0 Å². The second-order valence-electron chi connectivity index (χ2n) is 5.61. The van der Waals surface area contributed by atoms with E-state index < -0.39 is 5.54 Å². The summed E-state index contributed by atoms with van der Waals surface area (Å²) >= 11 is 6.16. The van der Waals surface area contributed by atoms with E-state index in [1.807, 2.05) is 19.1 Å². The van der Waals surface area contributed by atoms with Crippen molar-refractivity contribution < 1.29 is 8.94 Å². The third-order valence-corrected chi connectivity index (χ3v) is 4.52. The van der Waals surface area contributed by atoms with Crippen molar-refractivity contribution in [3.63, 3.8) is 0 Å². The fraction of sp³-hybridized carbons (Fsp3) is 0.333. The van der Waals surface area contributed by atoms with Crippen LogP contribution in [0.2, 0.25) is 5.02 Å². The summed E-state index contributed by atoms with van der Waals surface area (Å²) in [5.41, 5.74) is 7.34. The molecule has 1 aromatic carbocycles. The predicted octanol–water partition coefficient (Wildman–Crippen LogP) is 3.78. The predicted molar refractivity (Wildman–Crippen MR) is 79.0 cm³/mol. The van der Waals surface area contributed by atoms with Crippen molar-refractivity contribution in [2.24, 2.45) is 5.73 Å². The molecule has 6 heteroatoms. The highest BCUT2D eigenvalue weighted by Crippen LogP contribution is 2.39. The maximum absolute atomic E-state index is 6.22. The van der Waals surface area contributed by atoms with Crippen LogP contribution >= 0.6 is 11.6 Å². The minimum absolute atomic E-state index is 0.353. The number of benzene rings is 1. The number of aromatic nitrogens is 2. The molecule has 1 saturated carbocycles. The zero-order valence-corrected chi connectivity index (χ0v) is 12.3. The summed E-state index contributed by atoms with van der Waals surface area (Å²) in [6.45, 7) is 1.95. The van der Waals surface area contributed by atoms with Gasteiger partial charge in [-0.05, 0) is 32.3 Å². The van der Waals surface area contributed by atoms with E-state index in [-0.39, 0.29) is 0 Å². The number of furan rings is 1. The van der Waals surface area contributed by atoms with Crippen LogP contribution < -0.4 is 5.73 Å². The first-order valence-corrected chi connectivity index (χ1v) is 7.27. The van der Waals surface area contributed by atoms with Crippen molar-refractivity contribution in [1.82, 2.24) is 10.1 Å². The van der Waals surface area contributed by atoms with Crippen molar-refractivity contribution in [3.8, 4) is 11.7 Å². The number of hydrogen-bond acceptors (Lipinski definition) is 5. The molecule has 2 aromatic heterocycles. The molecule has 0 saturated heterocycles. The van der Waals surface area contributed by atoms with Crippen LogP contribution in [0.15, 0.2) is 27.1 Å². The molecule has 0 amide bonds.